The van der Waals surface area contributed by atoms with Crippen LogP contribution in [0.3, 0.4) is 0 Å². The Bertz CT molecular complexity index is 1090. The van der Waals surface area contributed by atoms with Gasteiger partial charge in [0.25, 0.3) is 0 Å². The van der Waals surface area contributed by atoms with Gasteiger partial charge in [0, 0.05) is 23.6 Å². The Kier molecular flexibility index (Phi) is 8.95. The number of hydrogen-bond donors (Lipinski definition) is 1. The zero-order valence-electron chi connectivity index (χ0n) is 18.4. The molecule has 1 atom stereocenters. The summed E-state index contributed by atoms with van der Waals surface area (Å²) in [6.07, 6.45) is 1.38. The Morgan fingerprint density at radius 1 is 1.12 bits per heavy atom. The van der Waals surface area contributed by atoms with Gasteiger partial charge in [-0.2, -0.15) is 0 Å². The molecule has 2 amide bonds. The molecule has 7 nitrogen and oxygen atoms in total. The van der Waals surface area contributed by atoms with Crippen LogP contribution in [0, 0.1) is 6.92 Å². The van der Waals surface area contributed by atoms with Gasteiger partial charge in [-0.3, -0.25) is 13.9 Å². The van der Waals surface area contributed by atoms with Crippen LogP contribution in [0.15, 0.2) is 42.5 Å². The second-order valence-electron chi connectivity index (χ2n) is 7.35. The first kappa shape index (κ1) is 26.0. The Balaban J connectivity index is 2.47. The molecule has 0 saturated carbocycles. The van der Waals surface area contributed by atoms with Crippen LogP contribution in [0.2, 0.25) is 10.0 Å². The number of nitrogens with zero attached hydrogens (tertiary/aromatic N) is 2. The Morgan fingerprint density at radius 3 is 2.31 bits per heavy atom. The second kappa shape index (κ2) is 11.0. The summed E-state index contributed by atoms with van der Waals surface area (Å²) in [6, 6.07) is 11.0. The SMILES string of the molecule is CC[C@@H](C(=O)NC)N(Cc1ccc(Cl)cc1Cl)C(=O)CN(c1ccccc1C)S(C)(=O)=O. The fourth-order valence-electron chi connectivity index (χ4n) is 3.36. The van der Waals surface area contributed by atoms with Gasteiger partial charge in [-0.05, 0) is 42.7 Å². The van der Waals surface area contributed by atoms with E-state index in [1.54, 1.807) is 56.3 Å². The molecular formula is C22H27Cl2N3O4S. The molecule has 0 heterocycles. The summed E-state index contributed by atoms with van der Waals surface area (Å²) in [5.74, 6) is -0.882. The zero-order chi connectivity index (χ0) is 24.1. The molecule has 0 saturated heterocycles. The van der Waals surface area contributed by atoms with Crippen LogP contribution in [-0.2, 0) is 26.2 Å². The van der Waals surface area contributed by atoms with Crippen molar-refractivity contribution < 1.29 is 18.0 Å². The van der Waals surface area contributed by atoms with E-state index in [9.17, 15) is 18.0 Å². The molecule has 0 unspecified atom stereocenters. The van der Waals surface area contributed by atoms with E-state index >= 15 is 0 Å². The van der Waals surface area contributed by atoms with Crippen LogP contribution in [-0.4, -0.2) is 51.0 Å². The number of rotatable bonds is 9. The lowest BCUT2D eigenvalue weighted by Crippen LogP contribution is -2.51. The Labute approximate surface area is 199 Å². The summed E-state index contributed by atoms with van der Waals surface area (Å²) in [4.78, 5) is 27.3. The van der Waals surface area contributed by atoms with Crippen molar-refractivity contribution in [2.45, 2.75) is 32.9 Å². The predicted molar refractivity (Wildman–Crippen MR) is 129 cm³/mol. The third-order valence-corrected chi connectivity index (χ3v) is 6.76. The molecule has 0 bridgehead atoms. The summed E-state index contributed by atoms with van der Waals surface area (Å²) in [5.41, 5.74) is 1.70. The molecule has 0 radical (unpaired) electrons. The van der Waals surface area contributed by atoms with Gasteiger partial charge in [-0.25, -0.2) is 8.42 Å². The predicted octanol–water partition coefficient (Wildman–Crippen LogP) is 3.62. The average molecular weight is 500 g/mol. The summed E-state index contributed by atoms with van der Waals surface area (Å²) in [5, 5.41) is 3.36. The van der Waals surface area contributed by atoms with Gasteiger partial charge in [0.2, 0.25) is 21.8 Å². The van der Waals surface area contributed by atoms with Crippen LogP contribution < -0.4 is 9.62 Å². The molecular weight excluding hydrogens is 473 g/mol. The van der Waals surface area contributed by atoms with Crippen molar-refractivity contribution in [3.63, 3.8) is 0 Å². The summed E-state index contributed by atoms with van der Waals surface area (Å²) >= 11 is 12.3. The fraction of sp³-hybridized carbons (Fsp3) is 0.364. The number of halogens is 2. The van der Waals surface area contributed by atoms with E-state index in [1.807, 2.05) is 0 Å². The van der Waals surface area contributed by atoms with Crippen molar-refractivity contribution in [3.8, 4) is 0 Å². The molecule has 0 spiro atoms. The molecule has 32 heavy (non-hydrogen) atoms. The van der Waals surface area contributed by atoms with Crippen molar-refractivity contribution in [1.82, 2.24) is 10.2 Å². The van der Waals surface area contributed by atoms with Gasteiger partial charge in [0.1, 0.15) is 12.6 Å². The highest BCUT2D eigenvalue weighted by Gasteiger charge is 2.32. The quantitative estimate of drug-likeness (QED) is 0.570. The number of likely N-dealkylation sites (N-methyl/N-ethyl adjacent to an activating group) is 1. The standard InChI is InChI=1S/C22H27Cl2N3O4S/c1-5-19(22(29)25-3)26(13-16-10-11-17(23)12-18(16)24)21(28)14-27(32(4,30)31)20-9-7-6-8-15(20)2/h6-12,19H,5,13-14H2,1-4H3,(H,25,29)/t19-/m0/s1. The molecule has 0 fully saturated rings. The lowest BCUT2D eigenvalue weighted by atomic mass is 10.1. The zero-order valence-corrected chi connectivity index (χ0v) is 20.8. The largest absolute Gasteiger partial charge is 0.357 e. The topological polar surface area (TPSA) is 86.8 Å². The molecule has 0 aliphatic rings. The number of hydrogen-bond acceptors (Lipinski definition) is 4. The normalized spacial score (nSPS) is 12.2. The number of nitrogens with one attached hydrogen (secondary N) is 1. The third kappa shape index (κ3) is 6.37. The maximum absolute atomic E-state index is 13.5. The van der Waals surface area contributed by atoms with Gasteiger partial charge < -0.3 is 10.2 Å². The number of sulfonamides is 1. The first-order valence-electron chi connectivity index (χ1n) is 9.97. The highest BCUT2D eigenvalue weighted by Crippen LogP contribution is 2.25. The minimum Gasteiger partial charge on any atom is -0.357 e. The van der Waals surface area contributed by atoms with Crippen LogP contribution in [0.5, 0.6) is 0 Å². The van der Waals surface area contributed by atoms with E-state index in [-0.39, 0.29) is 12.5 Å². The molecule has 174 valence electrons. The molecule has 1 N–H and O–H groups in total. The highest BCUT2D eigenvalue weighted by molar-refractivity contribution is 7.92. The van der Waals surface area contributed by atoms with E-state index in [0.29, 0.717) is 33.3 Å². The number of carbonyl (C=O) groups excluding carboxylic acids is 2. The van der Waals surface area contributed by atoms with E-state index in [1.165, 1.54) is 11.9 Å². The second-order valence-corrected chi connectivity index (χ2v) is 10.1. The number of aryl methyl sites for hydroxylation is 1. The van der Waals surface area contributed by atoms with E-state index < -0.39 is 28.5 Å². The molecule has 0 aromatic heterocycles. The van der Waals surface area contributed by atoms with Crippen LogP contribution >= 0.6 is 23.2 Å². The van der Waals surface area contributed by atoms with Gasteiger partial charge in [-0.15, -0.1) is 0 Å². The molecule has 2 aromatic carbocycles. The molecule has 10 heteroatoms. The highest BCUT2D eigenvalue weighted by atomic mass is 35.5. The van der Waals surface area contributed by atoms with Crippen molar-refractivity contribution >= 4 is 50.7 Å². The van der Waals surface area contributed by atoms with Gasteiger partial charge >= 0.3 is 0 Å². The summed E-state index contributed by atoms with van der Waals surface area (Å²) in [7, 11) is -2.29. The van der Waals surface area contributed by atoms with Gasteiger partial charge in [0.15, 0.2) is 0 Å². The lowest BCUT2D eigenvalue weighted by molar-refractivity contribution is -0.140. The first-order chi connectivity index (χ1) is 15.0. The number of para-hydroxylation sites is 1. The molecule has 0 aliphatic carbocycles. The third-order valence-electron chi connectivity index (χ3n) is 5.05. The van der Waals surface area contributed by atoms with Gasteiger partial charge in [-0.1, -0.05) is 54.4 Å². The summed E-state index contributed by atoms with van der Waals surface area (Å²) < 4.78 is 26.2. The smallest absolute Gasteiger partial charge is 0.244 e. The Morgan fingerprint density at radius 2 is 1.78 bits per heavy atom. The number of benzene rings is 2. The number of carbonyl (C=O) groups is 2. The maximum Gasteiger partial charge on any atom is 0.244 e. The van der Waals surface area contributed by atoms with Crippen LogP contribution in [0.1, 0.15) is 24.5 Å². The van der Waals surface area contributed by atoms with E-state index in [4.69, 9.17) is 23.2 Å². The van der Waals surface area contributed by atoms with E-state index in [2.05, 4.69) is 5.32 Å². The van der Waals surface area contributed by atoms with Gasteiger partial charge in [0.05, 0.1) is 11.9 Å². The lowest BCUT2D eigenvalue weighted by Gasteiger charge is -2.33. The number of amides is 2. The summed E-state index contributed by atoms with van der Waals surface area (Å²) in [6.45, 7) is 3.11. The van der Waals surface area contributed by atoms with Crippen molar-refractivity contribution in [3.05, 3.63) is 63.6 Å². The first-order valence-corrected chi connectivity index (χ1v) is 12.6. The minimum atomic E-state index is -3.77. The minimum absolute atomic E-state index is 0.0200. The monoisotopic (exact) mass is 499 g/mol. The van der Waals surface area contributed by atoms with Crippen LogP contribution in [0.25, 0.3) is 0 Å². The maximum atomic E-state index is 13.5. The molecule has 0 aliphatic heterocycles. The Hall–Kier alpha value is -2.29. The van der Waals surface area contributed by atoms with Crippen LogP contribution in [0.4, 0.5) is 5.69 Å². The van der Waals surface area contributed by atoms with E-state index in [0.717, 1.165) is 10.6 Å². The molecule has 2 aromatic rings. The van der Waals surface area contributed by atoms with Crippen molar-refractivity contribution in [1.29, 1.82) is 0 Å². The van der Waals surface area contributed by atoms with Crippen molar-refractivity contribution in [2.75, 3.05) is 24.2 Å². The number of anilines is 1. The fourth-order valence-corrected chi connectivity index (χ4v) is 4.73. The molecule has 2 rings (SSSR count). The van der Waals surface area contributed by atoms with Crippen molar-refractivity contribution in [2.24, 2.45) is 0 Å². The average Bonchev–Trinajstić information content (AvgIpc) is 2.72.